The Labute approximate surface area is 93.3 Å². The maximum Gasteiger partial charge on any atom is 0.0740 e. The van der Waals surface area contributed by atoms with Crippen molar-refractivity contribution in [3.63, 3.8) is 0 Å². The summed E-state index contributed by atoms with van der Waals surface area (Å²) >= 11 is 0. The van der Waals surface area contributed by atoms with Gasteiger partial charge in [-0.2, -0.15) is 0 Å². The van der Waals surface area contributed by atoms with E-state index in [9.17, 15) is 0 Å². The zero-order valence-corrected chi connectivity index (χ0v) is 12.8. The monoisotopic (exact) mass is 224 g/mol. The second kappa shape index (κ2) is 5.71. The molecule has 0 saturated heterocycles. The van der Waals surface area contributed by atoms with Gasteiger partial charge < -0.3 is 0 Å². The Morgan fingerprint density at radius 1 is 1.00 bits per heavy atom. The van der Waals surface area contributed by atoms with Gasteiger partial charge in [-0.1, -0.05) is 49.1 Å². The minimum absolute atomic E-state index is 0.292. The van der Waals surface area contributed by atoms with Crippen LogP contribution in [0, 0.1) is 0 Å². The molecule has 14 heavy (non-hydrogen) atoms. The summed E-state index contributed by atoms with van der Waals surface area (Å²) in [4.78, 5) is 0. The maximum absolute atomic E-state index is 4.17. The summed E-state index contributed by atoms with van der Waals surface area (Å²) in [6.45, 7) is 20.5. The maximum atomic E-state index is 4.17. The van der Waals surface area contributed by atoms with Gasteiger partial charge in [0, 0.05) is 0 Å². The van der Waals surface area contributed by atoms with Gasteiger partial charge in [0.25, 0.3) is 0 Å². The predicted molar refractivity (Wildman–Crippen MR) is 71.9 cm³/mol. The molecule has 1 atom stereocenters. The molecule has 0 bridgehead atoms. The molecule has 0 aromatic carbocycles. The van der Waals surface area contributed by atoms with Crippen LogP contribution in [0.2, 0.25) is 31.7 Å². The van der Waals surface area contributed by atoms with Crippen LogP contribution in [-0.4, -0.2) is 17.6 Å². The van der Waals surface area contributed by atoms with Crippen LogP contribution in [-0.2, 0) is 0 Å². The first-order valence-electron chi connectivity index (χ1n) is 5.22. The fraction of sp³-hybridized carbons (Fsp3) is 0.667. The largest absolute Gasteiger partial charge is 0.0999 e. The minimum Gasteiger partial charge on any atom is -0.0999 e. The summed E-state index contributed by atoms with van der Waals surface area (Å²) in [6.07, 6.45) is 0. The summed E-state index contributed by atoms with van der Waals surface area (Å²) < 4.78 is 0. The molecule has 0 amide bonds. The number of hydrogen-bond donors (Lipinski definition) is 0. The van der Waals surface area contributed by atoms with E-state index in [0.29, 0.717) is 5.54 Å². The quantitative estimate of drug-likeness (QED) is 0.493. The van der Waals surface area contributed by atoms with Crippen molar-refractivity contribution in [2.75, 3.05) is 0 Å². The molecule has 0 aliphatic carbocycles. The third kappa shape index (κ3) is 3.58. The number of rotatable bonds is 4. The average molecular weight is 224 g/mol. The second-order valence-corrected chi connectivity index (χ2v) is 10.0. The molecule has 2 radical (unpaired) electrons. The zero-order valence-electron chi connectivity index (χ0n) is 10.8. The highest BCUT2D eigenvalue weighted by Crippen LogP contribution is 2.32. The van der Waals surface area contributed by atoms with Crippen molar-refractivity contribution in [1.29, 1.82) is 0 Å². The van der Waals surface area contributed by atoms with Crippen molar-refractivity contribution < 1.29 is 0 Å². The summed E-state index contributed by atoms with van der Waals surface area (Å²) in [5.74, 6) is 0. The van der Waals surface area contributed by atoms with Crippen LogP contribution in [0.4, 0.5) is 0 Å². The van der Waals surface area contributed by atoms with E-state index < -0.39 is 0 Å². The van der Waals surface area contributed by atoms with Crippen LogP contribution in [0.5, 0.6) is 0 Å². The van der Waals surface area contributed by atoms with Crippen molar-refractivity contribution in [1.82, 2.24) is 0 Å². The molecule has 0 N–H and O–H groups in total. The summed E-state index contributed by atoms with van der Waals surface area (Å²) in [6, 6.07) is 0. The predicted octanol–water partition coefficient (Wildman–Crippen LogP) is 4.32. The molecule has 0 fully saturated rings. The second-order valence-electron chi connectivity index (χ2n) is 4.77. The molecule has 0 aliphatic rings. The van der Waals surface area contributed by atoms with Gasteiger partial charge in [-0.3, -0.25) is 0 Å². The normalized spacial score (nSPS) is 13.2. The van der Waals surface area contributed by atoms with Crippen molar-refractivity contribution >= 4 is 17.6 Å². The lowest BCUT2D eigenvalue weighted by molar-refractivity contribution is 1.10. The molecule has 0 rings (SSSR count). The van der Waals surface area contributed by atoms with Gasteiger partial charge in [-0.05, 0) is 26.3 Å². The first kappa shape index (κ1) is 13.9. The van der Waals surface area contributed by atoms with Crippen molar-refractivity contribution in [3.8, 4) is 0 Å². The Morgan fingerprint density at radius 3 is 1.50 bits per heavy atom. The van der Waals surface area contributed by atoms with E-state index >= 15 is 0 Å². The molecule has 0 aromatic rings. The van der Waals surface area contributed by atoms with Gasteiger partial charge in [-0.25, -0.2) is 0 Å². The Bertz CT molecular complexity index is 233. The van der Waals surface area contributed by atoms with Gasteiger partial charge in [0.05, 0.1) is 17.6 Å². The lowest BCUT2D eigenvalue weighted by Gasteiger charge is -2.27. The Morgan fingerprint density at radius 2 is 1.43 bits per heavy atom. The molecule has 0 heterocycles. The number of hydrogen-bond acceptors (Lipinski definition) is 0. The van der Waals surface area contributed by atoms with Crippen molar-refractivity contribution in [2.45, 2.75) is 52.5 Å². The first-order chi connectivity index (χ1) is 6.29. The van der Waals surface area contributed by atoms with E-state index in [2.05, 4.69) is 53.5 Å². The Hall–Kier alpha value is -0.0862. The van der Waals surface area contributed by atoms with Crippen LogP contribution < -0.4 is 0 Å². The van der Waals surface area contributed by atoms with Crippen LogP contribution in [0.1, 0.15) is 20.8 Å². The highest BCUT2D eigenvalue weighted by Gasteiger charge is 2.23. The van der Waals surface area contributed by atoms with E-state index in [1.54, 1.807) is 5.20 Å². The standard InChI is InChI=1S/C12H24Si2/c1-9(2)11(13(5)6)12(10(3)4)14(7)8/h11H,1H2,2-8H3. The topological polar surface area (TPSA) is 0 Å². The lowest BCUT2D eigenvalue weighted by atomic mass is 10.2. The van der Waals surface area contributed by atoms with E-state index in [1.165, 1.54) is 11.1 Å². The molecule has 2 heteroatoms. The van der Waals surface area contributed by atoms with E-state index in [-0.39, 0.29) is 17.6 Å². The molecular weight excluding hydrogens is 200 g/mol. The molecular formula is C12H24Si2. The van der Waals surface area contributed by atoms with E-state index in [1.807, 2.05) is 0 Å². The van der Waals surface area contributed by atoms with Gasteiger partial charge in [-0.15, -0.1) is 0 Å². The van der Waals surface area contributed by atoms with Crippen LogP contribution >= 0.6 is 0 Å². The summed E-state index contributed by atoms with van der Waals surface area (Å²) in [7, 11) is -0.609. The van der Waals surface area contributed by atoms with E-state index in [0.717, 1.165) is 0 Å². The smallest absolute Gasteiger partial charge is 0.0740 e. The van der Waals surface area contributed by atoms with Gasteiger partial charge >= 0.3 is 0 Å². The molecule has 0 aliphatic heterocycles. The summed E-state index contributed by atoms with van der Waals surface area (Å²) in [5, 5.41) is 1.72. The average Bonchev–Trinajstić information content (AvgIpc) is 1.96. The summed E-state index contributed by atoms with van der Waals surface area (Å²) in [5.41, 5.74) is 3.60. The molecule has 0 spiro atoms. The fourth-order valence-corrected chi connectivity index (χ4v) is 7.51. The van der Waals surface area contributed by atoms with Crippen LogP contribution in [0.15, 0.2) is 22.9 Å². The Kier molecular flexibility index (Phi) is 5.68. The van der Waals surface area contributed by atoms with Crippen molar-refractivity contribution in [2.24, 2.45) is 0 Å². The lowest BCUT2D eigenvalue weighted by Crippen LogP contribution is -2.23. The van der Waals surface area contributed by atoms with Gasteiger partial charge in [0.1, 0.15) is 0 Å². The third-order valence-electron chi connectivity index (χ3n) is 2.44. The zero-order chi connectivity index (χ0) is 11.5. The molecule has 80 valence electrons. The number of allylic oxidation sites excluding steroid dienone is 3. The molecule has 0 aromatic heterocycles. The van der Waals surface area contributed by atoms with E-state index in [4.69, 9.17) is 0 Å². The highest BCUT2D eigenvalue weighted by atomic mass is 28.3. The van der Waals surface area contributed by atoms with Gasteiger partial charge in [0.2, 0.25) is 0 Å². The Balaban J connectivity index is 5.16. The highest BCUT2D eigenvalue weighted by molar-refractivity contribution is 6.70. The molecule has 0 saturated carbocycles. The first-order valence-corrected chi connectivity index (χ1v) is 10.3. The van der Waals surface area contributed by atoms with Gasteiger partial charge in [0.15, 0.2) is 0 Å². The molecule has 0 nitrogen and oxygen atoms in total. The van der Waals surface area contributed by atoms with Crippen molar-refractivity contribution in [3.05, 3.63) is 22.9 Å². The molecule has 1 unspecified atom stereocenters. The SMILES string of the molecule is C=C(C)C(C(=C(C)C)[Si](C)C)[Si](C)C. The minimum atomic E-state index is -0.316. The van der Waals surface area contributed by atoms with Crippen LogP contribution in [0.3, 0.4) is 0 Å². The third-order valence-corrected chi connectivity index (χ3v) is 6.53. The van der Waals surface area contributed by atoms with Crippen LogP contribution in [0.25, 0.3) is 0 Å². The fourth-order valence-electron chi connectivity index (χ4n) is 2.11.